The highest BCUT2D eigenvalue weighted by atomic mass is 32.1. The second-order valence-corrected chi connectivity index (χ2v) is 7.07. The molecule has 130 valence electrons. The molecular formula is C21H18N2O2S. The first kappa shape index (κ1) is 16.5. The Balaban J connectivity index is 1.44. The van der Waals surface area contributed by atoms with Gasteiger partial charge in [-0.1, -0.05) is 36.4 Å². The molecule has 2 aromatic carbocycles. The van der Waals surface area contributed by atoms with Gasteiger partial charge in [-0.3, -0.25) is 4.79 Å². The van der Waals surface area contributed by atoms with Crippen molar-refractivity contribution in [2.45, 2.75) is 12.8 Å². The lowest BCUT2D eigenvalue weighted by atomic mass is 10.1. The first-order chi connectivity index (χ1) is 12.8. The summed E-state index contributed by atoms with van der Waals surface area (Å²) in [4.78, 5) is 18.1. The van der Waals surface area contributed by atoms with Gasteiger partial charge in [-0.2, -0.15) is 0 Å². The summed E-state index contributed by atoms with van der Waals surface area (Å²) in [6, 6.07) is 19.5. The molecule has 5 heteroatoms. The minimum absolute atomic E-state index is 0.0931. The first-order valence-corrected chi connectivity index (χ1v) is 9.40. The molecule has 0 aliphatic heterocycles. The van der Waals surface area contributed by atoms with Crippen LogP contribution in [-0.4, -0.2) is 17.4 Å². The molecule has 4 aromatic rings. The fourth-order valence-electron chi connectivity index (χ4n) is 2.82. The standard InChI is InChI=1S/C21H18N2O2S/c24-21(22-11-10-17-7-4-12-26-17)16-8-9-18-19(14-16)25-20(23-18)13-15-5-2-1-3-6-15/h1-9,12,14H,10-11,13H2,(H,22,24). The molecule has 2 heterocycles. The van der Waals surface area contributed by atoms with E-state index in [-0.39, 0.29) is 5.91 Å². The number of hydrogen-bond acceptors (Lipinski definition) is 4. The Hall–Kier alpha value is -2.92. The molecule has 4 nitrogen and oxygen atoms in total. The summed E-state index contributed by atoms with van der Waals surface area (Å²) in [5, 5.41) is 5.00. The van der Waals surface area contributed by atoms with Gasteiger partial charge in [0.2, 0.25) is 0 Å². The van der Waals surface area contributed by atoms with Crippen LogP contribution in [0.1, 0.15) is 26.7 Å². The molecule has 26 heavy (non-hydrogen) atoms. The molecule has 1 N–H and O–H groups in total. The third-order valence-corrected chi connectivity index (χ3v) is 5.07. The van der Waals surface area contributed by atoms with E-state index in [1.54, 1.807) is 23.5 Å². The molecular weight excluding hydrogens is 344 g/mol. The second kappa shape index (κ2) is 7.54. The van der Waals surface area contributed by atoms with E-state index in [9.17, 15) is 4.79 Å². The Morgan fingerprint density at radius 1 is 1.08 bits per heavy atom. The molecule has 0 bridgehead atoms. The number of nitrogens with zero attached hydrogens (tertiary/aromatic N) is 1. The van der Waals surface area contributed by atoms with Crippen molar-refractivity contribution in [3.8, 4) is 0 Å². The number of fused-ring (bicyclic) bond motifs is 1. The summed E-state index contributed by atoms with van der Waals surface area (Å²) >= 11 is 1.70. The Kier molecular flexibility index (Phi) is 4.80. The summed E-state index contributed by atoms with van der Waals surface area (Å²) in [7, 11) is 0. The summed E-state index contributed by atoms with van der Waals surface area (Å²) in [6.45, 7) is 0.618. The predicted octanol–water partition coefficient (Wildman–Crippen LogP) is 4.45. The Morgan fingerprint density at radius 3 is 2.77 bits per heavy atom. The number of amides is 1. The monoisotopic (exact) mass is 362 g/mol. The fraction of sp³-hybridized carbons (Fsp3) is 0.143. The largest absolute Gasteiger partial charge is 0.440 e. The molecule has 0 atom stereocenters. The number of aromatic nitrogens is 1. The maximum absolute atomic E-state index is 12.3. The van der Waals surface area contributed by atoms with Gasteiger partial charge in [-0.25, -0.2) is 4.98 Å². The van der Waals surface area contributed by atoms with E-state index in [4.69, 9.17) is 4.42 Å². The summed E-state index contributed by atoms with van der Waals surface area (Å²) in [6.07, 6.45) is 1.48. The van der Waals surface area contributed by atoms with Crippen LogP contribution >= 0.6 is 11.3 Å². The molecule has 2 aromatic heterocycles. The van der Waals surface area contributed by atoms with E-state index in [0.717, 1.165) is 17.5 Å². The van der Waals surface area contributed by atoms with Crippen molar-refractivity contribution in [2.75, 3.05) is 6.54 Å². The molecule has 0 aliphatic rings. The smallest absolute Gasteiger partial charge is 0.251 e. The second-order valence-electron chi connectivity index (χ2n) is 6.04. The Labute approximate surface area is 155 Å². The normalized spacial score (nSPS) is 10.9. The number of rotatable bonds is 6. The maximum Gasteiger partial charge on any atom is 0.251 e. The molecule has 0 saturated carbocycles. The number of nitrogens with one attached hydrogen (secondary N) is 1. The quantitative estimate of drug-likeness (QED) is 0.551. The highest BCUT2D eigenvalue weighted by Crippen LogP contribution is 2.19. The van der Waals surface area contributed by atoms with Gasteiger partial charge < -0.3 is 9.73 Å². The van der Waals surface area contributed by atoms with Crippen LogP contribution in [0.2, 0.25) is 0 Å². The zero-order chi connectivity index (χ0) is 17.8. The van der Waals surface area contributed by atoms with E-state index in [2.05, 4.69) is 16.4 Å². The van der Waals surface area contributed by atoms with Gasteiger partial charge in [0.15, 0.2) is 11.5 Å². The van der Waals surface area contributed by atoms with Gasteiger partial charge in [0, 0.05) is 23.4 Å². The molecule has 4 rings (SSSR count). The number of oxazole rings is 1. The van der Waals surface area contributed by atoms with Gasteiger partial charge in [-0.15, -0.1) is 11.3 Å². The van der Waals surface area contributed by atoms with Gasteiger partial charge in [0.25, 0.3) is 5.91 Å². The lowest BCUT2D eigenvalue weighted by Crippen LogP contribution is -2.25. The van der Waals surface area contributed by atoms with Crippen LogP contribution in [0.5, 0.6) is 0 Å². The summed E-state index contributed by atoms with van der Waals surface area (Å²) in [5.41, 5.74) is 3.14. The lowest BCUT2D eigenvalue weighted by Gasteiger charge is -2.04. The average Bonchev–Trinajstić information content (AvgIpc) is 3.31. The van der Waals surface area contributed by atoms with Crippen LogP contribution in [0.15, 0.2) is 70.5 Å². The van der Waals surface area contributed by atoms with Crippen LogP contribution in [-0.2, 0) is 12.8 Å². The topological polar surface area (TPSA) is 55.1 Å². The molecule has 0 saturated heterocycles. The van der Waals surface area contributed by atoms with Crippen LogP contribution < -0.4 is 5.32 Å². The Bertz CT molecular complexity index is 1010. The lowest BCUT2D eigenvalue weighted by molar-refractivity contribution is 0.0954. The molecule has 1 amide bonds. The summed E-state index contributed by atoms with van der Waals surface area (Å²) < 4.78 is 5.84. The SMILES string of the molecule is O=C(NCCc1cccs1)c1ccc2nc(Cc3ccccc3)oc2c1. The zero-order valence-electron chi connectivity index (χ0n) is 14.1. The fourth-order valence-corrected chi connectivity index (χ4v) is 3.52. The molecule has 0 radical (unpaired) electrons. The van der Waals surface area contributed by atoms with Gasteiger partial charge in [0.05, 0.1) is 0 Å². The van der Waals surface area contributed by atoms with Crippen molar-refractivity contribution in [3.63, 3.8) is 0 Å². The maximum atomic E-state index is 12.3. The highest BCUT2D eigenvalue weighted by molar-refractivity contribution is 7.09. The van der Waals surface area contributed by atoms with Crippen molar-refractivity contribution in [2.24, 2.45) is 0 Å². The van der Waals surface area contributed by atoms with Crippen molar-refractivity contribution < 1.29 is 9.21 Å². The van der Waals surface area contributed by atoms with Crippen molar-refractivity contribution in [3.05, 3.63) is 87.9 Å². The third kappa shape index (κ3) is 3.83. The van der Waals surface area contributed by atoms with E-state index in [1.165, 1.54) is 4.88 Å². The number of carbonyl (C=O) groups is 1. The third-order valence-electron chi connectivity index (χ3n) is 4.13. The van der Waals surface area contributed by atoms with Crippen molar-refractivity contribution in [1.82, 2.24) is 10.3 Å². The minimum Gasteiger partial charge on any atom is -0.440 e. The van der Waals surface area contributed by atoms with E-state index in [1.807, 2.05) is 47.8 Å². The number of carbonyl (C=O) groups excluding carboxylic acids is 1. The number of hydrogen-bond donors (Lipinski definition) is 1. The first-order valence-electron chi connectivity index (χ1n) is 8.52. The van der Waals surface area contributed by atoms with Crippen LogP contribution in [0, 0.1) is 0 Å². The predicted molar refractivity (Wildman–Crippen MR) is 104 cm³/mol. The Morgan fingerprint density at radius 2 is 1.96 bits per heavy atom. The number of thiophene rings is 1. The molecule has 0 spiro atoms. The average molecular weight is 362 g/mol. The molecule has 0 unspecified atom stereocenters. The van der Waals surface area contributed by atoms with Crippen molar-refractivity contribution >= 4 is 28.3 Å². The zero-order valence-corrected chi connectivity index (χ0v) is 15.0. The number of benzene rings is 2. The van der Waals surface area contributed by atoms with Gasteiger partial charge in [0.1, 0.15) is 5.52 Å². The minimum atomic E-state index is -0.0931. The summed E-state index contributed by atoms with van der Waals surface area (Å²) in [5.74, 6) is 0.561. The van der Waals surface area contributed by atoms with Crippen LogP contribution in [0.3, 0.4) is 0 Å². The van der Waals surface area contributed by atoms with Crippen LogP contribution in [0.4, 0.5) is 0 Å². The van der Waals surface area contributed by atoms with Gasteiger partial charge >= 0.3 is 0 Å². The van der Waals surface area contributed by atoms with E-state index in [0.29, 0.717) is 30.0 Å². The van der Waals surface area contributed by atoms with Crippen LogP contribution in [0.25, 0.3) is 11.1 Å². The van der Waals surface area contributed by atoms with Gasteiger partial charge in [-0.05, 0) is 41.6 Å². The van der Waals surface area contributed by atoms with E-state index >= 15 is 0 Å². The molecule has 0 aliphatic carbocycles. The molecule has 0 fully saturated rings. The highest BCUT2D eigenvalue weighted by Gasteiger charge is 2.11. The van der Waals surface area contributed by atoms with E-state index < -0.39 is 0 Å². The van der Waals surface area contributed by atoms with Crippen molar-refractivity contribution in [1.29, 1.82) is 0 Å².